The third kappa shape index (κ3) is 4.95. The zero-order valence-electron chi connectivity index (χ0n) is 21.0. The van der Waals surface area contributed by atoms with Crippen LogP contribution in [0, 0.1) is 11.3 Å². The molecular formula is C29H39N3O2. The number of rotatable bonds is 7. The number of allylic oxidation sites excluding steroid dienone is 1. The average molecular weight is 462 g/mol. The lowest BCUT2D eigenvalue weighted by molar-refractivity contribution is -0.117. The van der Waals surface area contributed by atoms with E-state index in [2.05, 4.69) is 39.1 Å². The van der Waals surface area contributed by atoms with Crippen molar-refractivity contribution in [1.82, 2.24) is 9.88 Å². The maximum atomic E-state index is 12.3. The first-order chi connectivity index (χ1) is 16.5. The SMILES string of the molecule is CC=N/C=C(/C)C1(C=O)CCN(C(c2ccc3[nH]c(=O)c(CC)cc3c2)C2CCCCC2)CC1. The number of aromatic nitrogens is 1. The molecule has 0 radical (unpaired) electrons. The van der Waals surface area contributed by atoms with Crippen LogP contribution in [0.15, 0.2) is 45.8 Å². The van der Waals surface area contributed by atoms with E-state index in [-0.39, 0.29) is 5.56 Å². The number of carbonyl (C=O) groups excluding carboxylic acids is 1. The lowest BCUT2D eigenvalue weighted by atomic mass is 9.72. The molecule has 2 fully saturated rings. The van der Waals surface area contributed by atoms with Crippen molar-refractivity contribution in [1.29, 1.82) is 0 Å². The Morgan fingerprint density at radius 3 is 2.59 bits per heavy atom. The van der Waals surface area contributed by atoms with Crippen molar-refractivity contribution in [3.05, 3.63) is 57.5 Å². The summed E-state index contributed by atoms with van der Waals surface area (Å²) in [5.41, 5.74) is 3.77. The number of aldehydes is 1. The van der Waals surface area contributed by atoms with Crippen molar-refractivity contribution in [2.24, 2.45) is 16.3 Å². The second kappa shape index (κ2) is 10.8. The molecule has 1 saturated carbocycles. The number of fused-ring (bicyclic) bond motifs is 1. The summed E-state index contributed by atoms with van der Waals surface area (Å²) in [6, 6.07) is 9.00. The van der Waals surface area contributed by atoms with Gasteiger partial charge in [-0.05, 0) is 86.6 Å². The van der Waals surface area contributed by atoms with Crippen molar-refractivity contribution >= 4 is 23.4 Å². The Labute approximate surface area is 203 Å². The molecule has 1 aliphatic heterocycles. The summed E-state index contributed by atoms with van der Waals surface area (Å²) in [5.74, 6) is 0.629. The van der Waals surface area contributed by atoms with Crippen molar-refractivity contribution < 1.29 is 4.79 Å². The molecule has 182 valence electrons. The number of likely N-dealkylation sites (tertiary alicyclic amines) is 1. The summed E-state index contributed by atoms with van der Waals surface area (Å²) in [7, 11) is 0. The first-order valence-electron chi connectivity index (χ1n) is 13.0. The molecule has 2 aromatic rings. The number of pyridine rings is 1. The summed E-state index contributed by atoms with van der Waals surface area (Å²) < 4.78 is 0. The van der Waals surface area contributed by atoms with Crippen LogP contribution in [0.25, 0.3) is 10.9 Å². The number of aromatic amines is 1. The van der Waals surface area contributed by atoms with E-state index in [1.807, 2.05) is 27.0 Å². The van der Waals surface area contributed by atoms with Gasteiger partial charge in [0.1, 0.15) is 6.29 Å². The Hall–Kier alpha value is -2.53. The lowest BCUT2D eigenvalue weighted by Crippen LogP contribution is -2.45. The number of H-pyrrole nitrogens is 1. The molecule has 34 heavy (non-hydrogen) atoms. The summed E-state index contributed by atoms with van der Waals surface area (Å²) in [4.78, 5) is 34.5. The molecule has 1 aromatic heterocycles. The Morgan fingerprint density at radius 2 is 1.94 bits per heavy atom. The van der Waals surface area contributed by atoms with Crippen molar-refractivity contribution in [3.8, 4) is 0 Å². The highest BCUT2D eigenvalue weighted by atomic mass is 16.1. The highest BCUT2D eigenvalue weighted by molar-refractivity contribution is 5.80. The summed E-state index contributed by atoms with van der Waals surface area (Å²) in [5, 5.41) is 1.12. The summed E-state index contributed by atoms with van der Waals surface area (Å²) >= 11 is 0. The van der Waals surface area contributed by atoms with Gasteiger partial charge >= 0.3 is 0 Å². The zero-order valence-corrected chi connectivity index (χ0v) is 21.0. The van der Waals surface area contributed by atoms with Crippen molar-refractivity contribution in [2.75, 3.05) is 13.1 Å². The number of piperidine rings is 1. The number of carbonyl (C=O) groups is 1. The first kappa shape index (κ1) is 24.6. The highest BCUT2D eigenvalue weighted by Gasteiger charge is 2.40. The molecule has 2 aliphatic rings. The Bertz CT molecular complexity index is 1120. The number of hydrogen-bond acceptors (Lipinski definition) is 4. The van der Waals surface area contributed by atoms with Gasteiger partial charge in [0.25, 0.3) is 5.56 Å². The number of nitrogens with one attached hydrogen (secondary N) is 1. The Kier molecular flexibility index (Phi) is 7.82. The van der Waals surface area contributed by atoms with Gasteiger partial charge in [-0.2, -0.15) is 0 Å². The lowest BCUT2D eigenvalue weighted by Gasteiger charge is -2.45. The van der Waals surface area contributed by atoms with Crippen LogP contribution in [-0.4, -0.2) is 35.5 Å². The van der Waals surface area contributed by atoms with Crippen molar-refractivity contribution in [3.63, 3.8) is 0 Å². The standard InChI is InChI=1S/C29H39N3O2/c1-4-22-17-25-18-24(11-12-26(25)31-28(22)34)27(23-9-7-6-8-10-23)32-15-13-29(20-33,14-16-32)21(3)19-30-5-2/h5,11-12,17-20,23,27H,4,6-10,13-16H2,1-3H3,(H,31,34)/b21-19-,30-5?. The number of hydrogen-bond donors (Lipinski definition) is 1. The average Bonchev–Trinajstić information content (AvgIpc) is 2.88. The maximum Gasteiger partial charge on any atom is 0.251 e. The number of benzene rings is 1. The van der Waals surface area contributed by atoms with Crippen LogP contribution in [0.4, 0.5) is 0 Å². The number of aryl methyl sites for hydroxylation is 1. The molecule has 1 N–H and O–H groups in total. The second-order valence-electron chi connectivity index (χ2n) is 10.2. The quantitative estimate of drug-likeness (QED) is 0.407. The van der Waals surface area contributed by atoms with Gasteiger partial charge in [-0.15, -0.1) is 0 Å². The topological polar surface area (TPSA) is 65.5 Å². The van der Waals surface area contributed by atoms with Crippen LogP contribution >= 0.6 is 0 Å². The number of nitrogens with zero attached hydrogens (tertiary/aromatic N) is 2. The third-order valence-electron chi connectivity index (χ3n) is 8.28. The van der Waals surface area contributed by atoms with Crippen LogP contribution in [0.3, 0.4) is 0 Å². The predicted octanol–water partition coefficient (Wildman–Crippen LogP) is 5.99. The van der Waals surface area contributed by atoms with Gasteiger partial charge in [-0.1, -0.05) is 32.3 Å². The van der Waals surface area contributed by atoms with Crippen molar-refractivity contribution in [2.45, 2.75) is 78.2 Å². The van der Waals surface area contributed by atoms with E-state index in [1.54, 1.807) is 6.21 Å². The molecule has 5 heteroatoms. The fourth-order valence-corrected chi connectivity index (χ4v) is 6.07. The molecular weight excluding hydrogens is 422 g/mol. The monoisotopic (exact) mass is 461 g/mol. The molecule has 1 atom stereocenters. The van der Waals surface area contributed by atoms with Gasteiger partial charge in [0.2, 0.25) is 0 Å². The van der Waals surface area contributed by atoms with E-state index in [4.69, 9.17) is 0 Å². The fourth-order valence-electron chi connectivity index (χ4n) is 6.07. The van der Waals surface area contributed by atoms with Gasteiger partial charge in [0.15, 0.2) is 0 Å². The molecule has 0 amide bonds. The van der Waals surface area contributed by atoms with Gasteiger partial charge < -0.3 is 9.78 Å². The van der Waals surface area contributed by atoms with E-state index in [9.17, 15) is 9.59 Å². The normalized spacial score (nSPS) is 21.2. The predicted molar refractivity (Wildman–Crippen MR) is 140 cm³/mol. The maximum absolute atomic E-state index is 12.3. The van der Waals surface area contributed by atoms with E-state index < -0.39 is 5.41 Å². The van der Waals surface area contributed by atoms with Crippen LogP contribution in [-0.2, 0) is 11.2 Å². The molecule has 5 nitrogen and oxygen atoms in total. The smallest absolute Gasteiger partial charge is 0.251 e. The molecule has 2 heterocycles. The fraction of sp³-hybridized carbons (Fsp3) is 0.552. The largest absolute Gasteiger partial charge is 0.322 e. The molecule has 0 bridgehead atoms. The molecule has 1 unspecified atom stereocenters. The Balaban J connectivity index is 1.66. The minimum atomic E-state index is -0.404. The summed E-state index contributed by atoms with van der Waals surface area (Å²) in [6.07, 6.45) is 13.6. The minimum Gasteiger partial charge on any atom is -0.322 e. The second-order valence-corrected chi connectivity index (χ2v) is 10.2. The van der Waals surface area contributed by atoms with E-state index in [0.29, 0.717) is 12.0 Å². The third-order valence-corrected chi connectivity index (χ3v) is 8.28. The molecule has 0 spiro atoms. The van der Waals surface area contributed by atoms with E-state index in [0.717, 1.165) is 60.7 Å². The van der Waals surface area contributed by atoms with E-state index >= 15 is 0 Å². The van der Waals surface area contributed by atoms with Gasteiger partial charge in [0, 0.05) is 42.6 Å². The van der Waals surface area contributed by atoms with Crippen LogP contribution < -0.4 is 5.56 Å². The molecule has 1 aromatic carbocycles. The molecule has 1 aliphatic carbocycles. The summed E-state index contributed by atoms with van der Waals surface area (Å²) in [6.45, 7) is 7.79. The van der Waals surface area contributed by atoms with Crippen LogP contribution in [0.5, 0.6) is 0 Å². The molecule has 4 rings (SSSR count). The first-order valence-corrected chi connectivity index (χ1v) is 13.0. The molecule has 1 saturated heterocycles. The highest BCUT2D eigenvalue weighted by Crippen LogP contribution is 2.44. The minimum absolute atomic E-state index is 0.0173. The zero-order chi connectivity index (χ0) is 24.1. The van der Waals surface area contributed by atoms with Gasteiger partial charge in [-0.25, -0.2) is 0 Å². The van der Waals surface area contributed by atoms with Crippen LogP contribution in [0.1, 0.15) is 82.9 Å². The van der Waals surface area contributed by atoms with E-state index in [1.165, 1.54) is 37.7 Å². The van der Waals surface area contributed by atoms with Gasteiger partial charge in [-0.3, -0.25) is 14.7 Å². The van der Waals surface area contributed by atoms with Gasteiger partial charge in [0.05, 0.1) is 5.41 Å². The number of aliphatic imine (C=N–C) groups is 1. The van der Waals surface area contributed by atoms with Crippen LogP contribution in [0.2, 0.25) is 0 Å². The Morgan fingerprint density at radius 1 is 1.21 bits per heavy atom.